The minimum absolute atomic E-state index is 0.558. The highest BCUT2D eigenvalue weighted by molar-refractivity contribution is 7.98. The van der Waals surface area contributed by atoms with E-state index in [1.165, 1.54) is 15.1 Å². The van der Waals surface area contributed by atoms with Crippen molar-refractivity contribution >= 4 is 49.6 Å². The Labute approximate surface area is 167 Å². The summed E-state index contributed by atoms with van der Waals surface area (Å²) in [7, 11) is 0. The Morgan fingerprint density at radius 2 is 2.00 bits per heavy atom. The summed E-state index contributed by atoms with van der Waals surface area (Å²) in [4.78, 5) is 3.28. The van der Waals surface area contributed by atoms with Crippen LogP contribution in [-0.4, -0.2) is 24.8 Å². The lowest BCUT2D eigenvalue weighted by atomic mass is 10.2. The molecule has 0 aliphatic rings. The van der Waals surface area contributed by atoms with E-state index in [4.69, 9.17) is 4.42 Å². The van der Waals surface area contributed by atoms with E-state index < -0.39 is 0 Å². The molecule has 5 aromatic rings. The minimum atomic E-state index is 0.558. The van der Waals surface area contributed by atoms with Gasteiger partial charge in [0.25, 0.3) is 5.89 Å². The topological polar surface area (TPSA) is 69.1 Å². The molecular formula is C18H15N5OS3. The molecule has 0 spiro atoms. The third kappa shape index (κ3) is 2.95. The number of aryl methyl sites for hydroxylation is 2. The fourth-order valence-electron chi connectivity index (χ4n) is 2.96. The Balaban J connectivity index is 1.39. The molecule has 0 aliphatic heterocycles. The average molecular weight is 414 g/mol. The molecule has 0 radical (unpaired) electrons. The maximum atomic E-state index is 5.87. The second-order valence-corrected chi connectivity index (χ2v) is 9.12. The second-order valence-electron chi connectivity index (χ2n) is 6.03. The third-order valence-electron chi connectivity index (χ3n) is 4.26. The number of aromatic nitrogens is 5. The number of thiophene rings is 1. The molecule has 9 heteroatoms. The van der Waals surface area contributed by atoms with Gasteiger partial charge >= 0.3 is 0 Å². The maximum Gasteiger partial charge on any atom is 0.257 e. The smallest absolute Gasteiger partial charge is 0.257 e. The number of rotatable bonds is 5. The molecule has 1 aromatic carbocycles. The summed E-state index contributed by atoms with van der Waals surface area (Å²) in [5.74, 6) is 1.74. The lowest BCUT2D eigenvalue weighted by Gasteiger charge is -1.96. The first-order valence-electron chi connectivity index (χ1n) is 8.50. The van der Waals surface area contributed by atoms with E-state index in [2.05, 4.69) is 56.8 Å². The molecular weight excluding hydrogens is 398 g/mol. The van der Waals surface area contributed by atoms with E-state index in [1.54, 1.807) is 34.4 Å². The van der Waals surface area contributed by atoms with E-state index in [9.17, 15) is 0 Å². The molecule has 6 nitrogen and oxygen atoms in total. The first-order valence-corrected chi connectivity index (χ1v) is 11.1. The first-order chi connectivity index (χ1) is 13.2. The maximum absolute atomic E-state index is 5.87. The van der Waals surface area contributed by atoms with Crippen LogP contribution >= 0.6 is 34.4 Å². The normalized spacial score (nSPS) is 11.8. The Hall–Kier alpha value is -2.23. The number of hydrogen-bond donors (Lipinski definition) is 0. The summed E-state index contributed by atoms with van der Waals surface area (Å²) >= 11 is 4.91. The molecule has 4 aromatic heterocycles. The number of para-hydroxylation sites is 1. The molecule has 4 heterocycles. The van der Waals surface area contributed by atoms with Gasteiger partial charge in [0.05, 0.1) is 20.8 Å². The minimum Gasteiger partial charge on any atom is -0.419 e. The Bertz CT molecular complexity index is 1250. The van der Waals surface area contributed by atoms with Gasteiger partial charge < -0.3 is 4.42 Å². The molecule has 0 atom stereocenters. The van der Waals surface area contributed by atoms with Crippen molar-refractivity contribution in [2.45, 2.75) is 31.2 Å². The van der Waals surface area contributed by atoms with Crippen LogP contribution in [0.5, 0.6) is 0 Å². The van der Waals surface area contributed by atoms with Crippen LogP contribution in [0, 0.1) is 6.92 Å². The molecule has 0 unspecified atom stereocenters. The van der Waals surface area contributed by atoms with Gasteiger partial charge in [-0.2, -0.15) is 0 Å². The highest BCUT2D eigenvalue weighted by Gasteiger charge is 2.16. The molecule has 0 saturated carbocycles. The van der Waals surface area contributed by atoms with Gasteiger partial charge in [0.15, 0.2) is 5.16 Å². The molecule has 136 valence electrons. The SMILES string of the molecule is CCc1sc(-c2nnc(CSc3nnc4sc5ccccc5n34)o2)cc1C. The zero-order chi connectivity index (χ0) is 18.4. The van der Waals surface area contributed by atoms with E-state index in [0.717, 1.165) is 26.9 Å². The van der Waals surface area contributed by atoms with Gasteiger partial charge in [0.1, 0.15) is 0 Å². The van der Waals surface area contributed by atoms with Gasteiger partial charge in [0, 0.05) is 4.88 Å². The lowest BCUT2D eigenvalue weighted by Crippen LogP contribution is -1.87. The molecule has 0 fully saturated rings. The van der Waals surface area contributed by atoms with Crippen LogP contribution in [0.25, 0.3) is 25.9 Å². The summed E-state index contributed by atoms with van der Waals surface area (Å²) in [6.07, 6.45) is 1.02. The molecule has 5 rings (SSSR count). The van der Waals surface area contributed by atoms with E-state index in [-0.39, 0.29) is 0 Å². The summed E-state index contributed by atoms with van der Waals surface area (Å²) < 4.78 is 9.15. The Kier molecular flexibility index (Phi) is 4.22. The number of nitrogens with zero attached hydrogens (tertiary/aromatic N) is 5. The van der Waals surface area contributed by atoms with Gasteiger partial charge in [-0.1, -0.05) is 42.2 Å². The summed E-state index contributed by atoms with van der Waals surface area (Å²) in [6, 6.07) is 10.4. The molecule has 0 saturated heterocycles. The first kappa shape index (κ1) is 16.9. The predicted molar refractivity (Wildman–Crippen MR) is 110 cm³/mol. The van der Waals surface area contributed by atoms with Crippen LogP contribution in [0.2, 0.25) is 0 Å². The van der Waals surface area contributed by atoms with Gasteiger partial charge in [-0.25, -0.2) is 0 Å². The molecule has 27 heavy (non-hydrogen) atoms. The van der Waals surface area contributed by atoms with Crippen molar-refractivity contribution in [1.82, 2.24) is 24.8 Å². The molecule has 0 N–H and O–H groups in total. The summed E-state index contributed by atoms with van der Waals surface area (Å²) in [6.45, 7) is 4.28. The third-order valence-corrected chi connectivity index (χ3v) is 7.55. The zero-order valence-corrected chi connectivity index (χ0v) is 17.1. The summed E-state index contributed by atoms with van der Waals surface area (Å²) in [5, 5.41) is 17.9. The van der Waals surface area contributed by atoms with Crippen LogP contribution in [0.15, 0.2) is 39.9 Å². The van der Waals surface area contributed by atoms with Crippen molar-refractivity contribution in [3.63, 3.8) is 0 Å². The number of benzene rings is 1. The molecule has 0 amide bonds. The number of thiazole rings is 1. The zero-order valence-electron chi connectivity index (χ0n) is 14.7. The Morgan fingerprint density at radius 1 is 1.11 bits per heavy atom. The van der Waals surface area contributed by atoms with Crippen molar-refractivity contribution in [2.24, 2.45) is 0 Å². The predicted octanol–water partition coefficient (Wildman–Crippen LogP) is 5.22. The Morgan fingerprint density at radius 3 is 2.85 bits per heavy atom. The van der Waals surface area contributed by atoms with Crippen LogP contribution in [0.1, 0.15) is 23.3 Å². The van der Waals surface area contributed by atoms with E-state index in [1.807, 2.05) is 12.1 Å². The average Bonchev–Trinajstić information content (AvgIpc) is 3.43. The van der Waals surface area contributed by atoms with Gasteiger partial charge in [0.2, 0.25) is 10.9 Å². The van der Waals surface area contributed by atoms with Crippen molar-refractivity contribution in [3.05, 3.63) is 46.7 Å². The van der Waals surface area contributed by atoms with Crippen molar-refractivity contribution < 1.29 is 4.42 Å². The van der Waals surface area contributed by atoms with E-state index >= 15 is 0 Å². The number of hydrogen-bond acceptors (Lipinski definition) is 8. The second kappa shape index (κ2) is 6.74. The molecule has 0 bridgehead atoms. The quantitative estimate of drug-likeness (QED) is 0.368. The summed E-state index contributed by atoms with van der Waals surface area (Å²) in [5.41, 5.74) is 2.40. The van der Waals surface area contributed by atoms with Gasteiger partial charge in [-0.3, -0.25) is 4.40 Å². The van der Waals surface area contributed by atoms with Crippen LogP contribution in [0.3, 0.4) is 0 Å². The van der Waals surface area contributed by atoms with Crippen LogP contribution in [-0.2, 0) is 12.2 Å². The number of fused-ring (bicyclic) bond motifs is 3. The number of thioether (sulfide) groups is 1. The lowest BCUT2D eigenvalue weighted by molar-refractivity contribution is 0.529. The fourth-order valence-corrected chi connectivity index (χ4v) is 5.80. The van der Waals surface area contributed by atoms with E-state index in [0.29, 0.717) is 17.5 Å². The van der Waals surface area contributed by atoms with Gasteiger partial charge in [-0.15, -0.1) is 31.7 Å². The van der Waals surface area contributed by atoms with Gasteiger partial charge in [-0.05, 0) is 37.1 Å². The molecule has 0 aliphatic carbocycles. The standard InChI is InChI=1S/C18H15N5OS3/c1-3-12-10(2)8-14(26-12)16-20-19-15(24-16)9-25-17-21-22-18-23(17)11-6-4-5-7-13(11)27-18/h4-8H,3,9H2,1-2H3. The largest absolute Gasteiger partial charge is 0.419 e. The van der Waals surface area contributed by atoms with Crippen LogP contribution < -0.4 is 0 Å². The van der Waals surface area contributed by atoms with Crippen molar-refractivity contribution in [3.8, 4) is 10.8 Å². The van der Waals surface area contributed by atoms with Crippen molar-refractivity contribution in [2.75, 3.05) is 0 Å². The highest BCUT2D eigenvalue weighted by atomic mass is 32.2. The monoisotopic (exact) mass is 413 g/mol. The van der Waals surface area contributed by atoms with Crippen molar-refractivity contribution in [1.29, 1.82) is 0 Å². The fraction of sp³-hybridized carbons (Fsp3) is 0.222. The van der Waals surface area contributed by atoms with Crippen LogP contribution in [0.4, 0.5) is 0 Å². The highest BCUT2D eigenvalue weighted by Crippen LogP contribution is 2.33.